The van der Waals surface area contributed by atoms with Crippen molar-refractivity contribution in [2.24, 2.45) is 0 Å². The van der Waals surface area contributed by atoms with Gasteiger partial charge >= 0.3 is 0 Å². The summed E-state index contributed by atoms with van der Waals surface area (Å²) < 4.78 is 7.62. The highest BCUT2D eigenvalue weighted by molar-refractivity contribution is 7.80. The Balaban J connectivity index is 1.63. The van der Waals surface area contributed by atoms with Gasteiger partial charge in [-0.3, -0.25) is 20.1 Å². The molecule has 4 aromatic rings. The number of thiocarbonyl (C=S) groups is 1. The van der Waals surface area contributed by atoms with E-state index in [-0.39, 0.29) is 17.8 Å². The lowest BCUT2D eigenvalue weighted by Gasteiger charge is -2.28. The minimum atomic E-state index is -0.425. The van der Waals surface area contributed by atoms with Crippen LogP contribution in [0.1, 0.15) is 40.3 Å². The van der Waals surface area contributed by atoms with Gasteiger partial charge in [0.15, 0.2) is 5.11 Å². The molecule has 9 nitrogen and oxygen atoms in total. The predicted octanol–water partition coefficient (Wildman–Crippen LogP) is 4.97. The summed E-state index contributed by atoms with van der Waals surface area (Å²) in [5.74, 6) is 0.427. The van der Waals surface area contributed by atoms with Gasteiger partial charge in [0, 0.05) is 42.6 Å². The van der Waals surface area contributed by atoms with E-state index < -0.39 is 4.92 Å². The van der Waals surface area contributed by atoms with E-state index in [1.165, 1.54) is 19.2 Å². The van der Waals surface area contributed by atoms with E-state index in [9.17, 15) is 10.1 Å². The van der Waals surface area contributed by atoms with Crippen molar-refractivity contribution in [3.63, 3.8) is 0 Å². The summed E-state index contributed by atoms with van der Waals surface area (Å²) in [5.41, 5.74) is 5.68. The molecular weight excluding hydrogens is 488 g/mol. The first kappa shape index (κ1) is 24.4. The molecule has 0 spiro atoms. The molecular formula is C27H26N6O3S. The van der Waals surface area contributed by atoms with Crippen LogP contribution in [0.25, 0.3) is 5.69 Å². The minimum Gasteiger partial charge on any atom is -0.494 e. The summed E-state index contributed by atoms with van der Waals surface area (Å²) >= 11 is 5.82. The number of nitro benzene ring substituents is 1. The molecule has 188 valence electrons. The Morgan fingerprint density at radius 3 is 2.65 bits per heavy atom. The van der Waals surface area contributed by atoms with Crippen LogP contribution >= 0.6 is 12.2 Å². The van der Waals surface area contributed by atoms with Gasteiger partial charge in [-0.05, 0) is 67.5 Å². The standard InChI is InChI=1S/C27H26N6O3S/c1-17-13-21(18(2)32(17)23-10-9-20(33(34)35)14-24(23)36-3)26-25(22-8-4-5-12-29-22)30-27(37)31(26)16-19-7-6-11-28-15-19/h4-15,25-26H,16H2,1-3H3,(H,30,37). The van der Waals surface area contributed by atoms with Crippen LogP contribution in [-0.2, 0) is 6.54 Å². The normalized spacial score (nSPS) is 17.1. The lowest BCUT2D eigenvalue weighted by atomic mass is 9.96. The number of rotatable bonds is 7. The maximum atomic E-state index is 11.3. The van der Waals surface area contributed by atoms with Crippen molar-refractivity contribution in [2.75, 3.05) is 7.11 Å². The number of hydrogen-bond donors (Lipinski definition) is 1. The fourth-order valence-electron chi connectivity index (χ4n) is 5.03. The van der Waals surface area contributed by atoms with Crippen LogP contribution in [0, 0.1) is 24.0 Å². The summed E-state index contributed by atoms with van der Waals surface area (Å²) in [6.45, 7) is 4.64. The van der Waals surface area contributed by atoms with Crippen LogP contribution in [0.4, 0.5) is 5.69 Å². The summed E-state index contributed by atoms with van der Waals surface area (Å²) in [6.07, 6.45) is 5.38. The molecule has 1 saturated heterocycles. The molecule has 37 heavy (non-hydrogen) atoms. The van der Waals surface area contributed by atoms with Gasteiger partial charge in [0.05, 0.1) is 41.6 Å². The SMILES string of the molecule is COc1cc([N+](=O)[O-])ccc1-n1c(C)cc(C2C(c3ccccn3)NC(=S)N2Cc2cccnc2)c1C. The molecule has 1 aliphatic heterocycles. The molecule has 0 saturated carbocycles. The number of pyridine rings is 2. The maximum absolute atomic E-state index is 11.3. The van der Waals surface area contributed by atoms with Crippen molar-refractivity contribution in [1.29, 1.82) is 0 Å². The number of hydrogen-bond acceptors (Lipinski definition) is 6. The van der Waals surface area contributed by atoms with E-state index in [0.29, 0.717) is 17.4 Å². The van der Waals surface area contributed by atoms with Gasteiger partial charge in [-0.2, -0.15) is 0 Å². The molecule has 0 amide bonds. The monoisotopic (exact) mass is 514 g/mol. The molecule has 1 N–H and O–H groups in total. The summed E-state index contributed by atoms with van der Waals surface area (Å²) in [4.78, 5) is 22.0. The second-order valence-corrected chi connectivity index (χ2v) is 9.28. The first-order chi connectivity index (χ1) is 17.9. The first-order valence-electron chi connectivity index (χ1n) is 11.8. The highest BCUT2D eigenvalue weighted by Crippen LogP contribution is 2.43. The van der Waals surface area contributed by atoms with Crippen molar-refractivity contribution in [2.45, 2.75) is 32.5 Å². The molecule has 0 radical (unpaired) electrons. The van der Waals surface area contributed by atoms with Gasteiger partial charge < -0.3 is 19.5 Å². The highest BCUT2D eigenvalue weighted by Gasteiger charge is 2.41. The Kier molecular flexibility index (Phi) is 6.58. The Morgan fingerprint density at radius 2 is 1.97 bits per heavy atom. The molecule has 5 rings (SSSR count). The quantitative estimate of drug-likeness (QED) is 0.210. The van der Waals surface area contributed by atoms with Gasteiger partial charge in [-0.25, -0.2) is 0 Å². The zero-order chi connectivity index (χ0) is 26.1. The molecule has 10 heteroatoms. The molecule has 2 unspecified atom stereocenters. The molecule has 2 atom stereocenters. The van der Waals surface area contributed by atoms with Gasteiger partial charge in [0.25, 0.3) is 5.69 Å². The molecule has 1 aliphatic rings. The maximum Gasteiger partial charge on any atom is 0.273 e. The Hall–Kier alpha value is -4.31. The number of non-ortho nitro benzene ring substituents is 1. The van der Waals surface area contributed by atoms with Crippen molar-refractivity contribution in [3.8, 4) is 11.4 Å². The fourth-order valence-corrected chi connectivity index (χ4v) is 5.33. The van der Waals surface area contributed by atoms with Crippen LogP contribution in [-0.4, -0.2) is 36.6 Å². The molecule has 1 aromatic carbocycles. The fraction of sp³-hybridized carbons (Fsp3) is 0.222. The third-order valence-corrected chi connectivity index (χ3v) is 7.03. The lowest BCUT2D eigenvalue weighted by Crippen LogP contribution is -2.29. The van der Waals surface area contributed by atoms with Crippen molar-refractivity contribution < 1.29 is 9.66 Å². The van der Waals surface area contributed by atoms with Gasteiger partial charge in [-0.15, -0.1) is 0 Å². The smallest absolute Gasteiger partial charge is 0.273 e. The summed E-state index contributed by atoms with van der Waals surface area (Å²) in [5, 5.41) is 15.5. The van der Waals surface area contributed by atoms with E-state index in [0.717, 1.165) is 33.9 Å². The molecule has 4 heterocycles. The zero-order valence-corrected chi connectivity index (χ0v) is 21.5. The molecule has 3 aromatic heterocycles. The van der Waals surface area contributed by atoms with Crippen LogP contribution in [0.2, 0.25) is 0 Å². The average Bonchev–Trinajstić information content (AvgIpc) is 3.39. The van der Waals surface area contributed by atoms with E-state index in [4.69, 9.17) is 17.0 Å². The van der Waals surface area contributed by atoms with Crippen LogP contribution < -0.4 is 10.1 Å². The van der Waals surface area contributed by atoms with E-state index in [2.05, 4.69) is 30.8 Å². The van der Waals surface area contributed by atoms with Crippen molar-refractivity contribution >= 4 is 23.0 Å². The second-order valence-electron chi connectivity index (χ2n) is 8.89. The Bertz CT molecular complexity index is 1460. The largest absolute Gasteiger partial charge is 0.494 e. The van der Waals surface area contributed by atoms with Gasteiger partial charge in [0.2, 0.25) is 0 Å². The molecule has 1 fully saturated rings. The van der Waals surface area contributed by atoms with E-state index in [1.807, 2.05) is 50.4 Å². The van der Waals surface area contributed by atoms with E-state index in [1.54, 1.807) is 18.5 Å². The lowest BCUT2D eigenvalue weighted by molar-refractivity contribution is -0.384. The predicted molar refractivity (Wildman–Crippen MR) is 144 cm³/mol. The summed E-state index contributed by atoms with van der Waals surface area (Å²) in [6, 6.07) is 16.3. The average molecular weight is 515 g/mol. The van der Waals surface area contributed by atoms with Crippen molar-refractivity contribution in [3.05, 3.63) is 112 Å². The van der Waals surface area contributed by atoms with Crippen molar-refractivity contribution in [1.82, 2.24) is 24.8 Å². The minimum absolute atomic E-state index is 0.0218. The number of aryl methyl sites for hydroxylation is 1. The number of methoxy groups -OCH3 is 1. The number of nitro groups is 1. The highest BCUT2D eigenvalue weighted by atomic mass is 32.1. The zero-order valence-electron chi connectivity index (χ0n) is 20.7. The number of benzene rings is 1. The Morgan fingerprint density at radius 1 is 1.14 bits per heavy atom. The first-order valence-corrected chi connectivity index (χ1v) is 12.2. The van der Waals surface area contributed by atoms with Crippen LogP contribution in [0.15, 0.2) is 73.2 Å². The number of nitrogens with zero attached hydrogens (tertiary/aromatic N) is 5. The third-order valence-electron chi connectivity index (χ3n) is 6.68. The Labute approximate surface area is 219 Å². The second kappa shape index (κ2) is 9.98. The number of ether oxygens (including phenoxy) is 1. The third kappa shape index (κ3) is 4.51. The topological polar surface area (TPSA) is 98.3 Å². The summed E-state index contributed by atoms with van der Waals surface area (Å²) in [7, 11) is 1.52. The number of nitrogens with one attached hydrogen (secondary N) is 1. The molecule has 0 aliphatic carbocycles. The van der Waals surface area contributed by atoms with Crippen LogP contribution in [0.5, 0.6) is 5.75 Å². The molecule has 0 bridgehead atoms. The van der Waals surface area contributed by atoms with E-state index >= 15 is 0 Å². The van der Waals surface area contributed by atoms with Gasteiger partial charge in [-0.1, -0.05) is 12.1 Å². The van der Waals surface area contributed by atoms with Gasteiger partial charge in [0.1, 0.15) is 5.75 Å². The van der Waals surface area contributed by atoms with Crippen LogP contribution in [0.3, 0.4) is 0 Å². The number of aromatic nitrogens is 3.